The van der Waals surface area contributed by atoms with Crippen LogP contribution in [0.15, 0.2) is 24.8 Å². The van der Waals surface area contributed by atoms with Crippen molar-refractivity contribution >= 4 is 0 Å². The molecule has 0 aliphatic rings. The van der Waals surface area contributed by atoms with E-state index in [2.05, 4.69) is 6.58 Å². The Balaban J connectivity index is 3.24. The fourth-order valence-corrected chi connectivity index (χ4v) is 1.90. The van der Waals surface area contributed by atoms with Gasteiger partial charge in [-0.1, -0.05) is 6.08 Å². The fraction of sp³-hybridized carbons (Fsp3) is 0.500. The van der Waals surface area contributed by atoms with Crippen LogP contribution in [0.3, 0.4) is 0 Å². The first-order chi connectivity index (χ1) is 9.67. The van der Waals surface area contributed by atoms with E-state index in [9.17, 15) is 5.11 Å². The van der Waals surface area contributed by atoms with Crippen LogP contribution in [0.4, 0.5) is 0 Å². The summed E-state index contributed by atoms with van der Waals surface area (Å²) in [6.07, 6.45) is 1.54. The van der Waals surface area contributed by atoms with E-state index in [0.29, 0.717) is 43.5 Å². The normalized spacial score (nSPS) is 11.8. The predicted octanol–water partition coefficient (Wildman–Crippen LogP) is 3.49. The van der Waals surface area contributed by atoms with Gasteiger partial charge in [0.2, 0.25) is 5.75 Å². The molecule has 1 aromatic carbocycles. The molecular weight excluding hydrogens is 256 g/mol. The zero-order valence-electron chi connectivity index (χ0n) is 12.5. The van der Waals surface area contributed by atoms with Gasteiger partial charge in [-0.15, -0.1) is 6.58 Å². The molecule has 20 heavy (non-hydrogen) atoms. The van der Waals surface area contributed by atoms with Crippen LogP contribution in [-0.2, 0) is 0 Å². The van der Waals surface area contributed by atoms with Crippen molar-refractivity contribution in [2.75, 3.05) is 19.8 Å². The zero-order chi connectivity index (χ0) is 15.0. The summed E-state index contributed by atoms with van der Waals surface area (Å²) in [5.74, 6) is 1.78. The third kappa shape index (κ3) is 4.17. The minimum atomic E-state index is -0.624. The largest absolute Gasteiger partial charge is 0.490 e. The molecule has 0 fully saturated rings. The van der Waals surface area contributed by atoms with Crippen LogP contribution in [0.2, 0.25) is 0 Å². The highest BCUT2D eigenvalue weighted by Gasteiger charge is 2.17. The molecule has 0 saturated carbocycles. The second-order valence-corrected chi connectivity index (χ2v) is 4.19. The lowest BCUT2D eigenvalue weighted by Gasteiger charge is -2.18. The third-order valence-electron chi connectivity index (χ3n) is 2.71. The summed E-state index contributed by atoms with van der Waals surface area (Å²) in [5.41, 5.74) is 0.736. The van der Waals surface area contributed by atoms with Crippen LogP contribution in [0.5, 0.6) is 17.2 Å². The number of hydrogen-bond donors (Lipinski definition) is 1. The lowest BCUT2D eigenvalue weighted by molar-refractivity contribution is 0.179. The van der Waals surface area contributed by atoms with Gasteiger partial charge in [-0.25, -0.2) is 0 Å². The average Bonchev–Trinajstić information content (AvgIpc) is 2.43. The number of hydrogen-bond acceptors (Lipinski definition) is 4. The first-order valence-electron chi connectivity index (χ1n) is 7.03. The summed E-state index contributed by atoms with van der Waals surface area (Å²) in [6, 6.07) is 3.59. The zero-order valence-corrected chi connectivity index (χ0v) is 12.5. The Kier molecular flexibility index (Phi) is 6.94. The van der Waals surface area contributed by atoms with Crippen molar-refractivity contribution in [3.05, 3.63) is 30.4 Å². The molecule has 0 bridgehead atoms. The average molecular weight is 280 g/mol. The molecule has 1 rings (SSSR count). The highest BCUT2D eigenvalue weighted by molar-refractivity contribution is 5.54. The number of rotatable bonds is 9. The Hall–Kier alpha value is -1.68. The van der Waals surface area contributed by atoms with Crippen LogP contribution in [0.25, 0.3) is 0 Å². The van der Waals surface area contributed by atoms with Crippen LogP contribution >= 0.6 is 0 Å². The topological polar surface area (TPSA) is 47.9 Å². The molecule has 0 radical (unpaired) electrons. The summed E-state index contributed by atoms with van der Waals surface area (Å²) >= 11 is 0. The molecule has 1 aromatic rings. The number of aliphatic hydroxyl groups excluding tert-OH is 1. The van der Waals surface area contributed by atoms with Crippen molar-refractivity contribution in [3.8, 4) is 17.2 Å². The number of benzene rings is 1. The van der Waals surface area contributed by atoms with Gasteiger partial charge >= 0.3 is 0 Å². The Bertz CT molecular complexity index is 401. The van der Waals surface area contributed by atoms with E-state index in [1.165, 1.54) is 0 Å². The fourth-order valence-electron chi connectivity index (χ4n) is 1.90. The number of ether oxygens (including phenoxy) is 3. The maximum absolute atomic E-state index is 10.1. The van der Waals surface area contributed by atoms with Crippen molar-refractivity contribution in [2.45, 2.75) is 33.3 Å². The van der Waals surface area contributed by atoms with Gasteiger partial charge in [-0.3, -0.25) is 0 Å². The van der Waals surface area contributed by atoms with Crippen LogP contribution in [0.1, 0.15) is 38.9 Å². The molecule has 0 aliphatic carbocycles. The monoisotopic (exact) mass is 280 g/mol. The van der Waals surface area contributed by atoms with Crippen molar-refractivity contribution in [2.24, 2.45) is 0 Å². The molecule has 0 spiro atoms. The SMILES string of the molecule is C=CCC(O)c1cc(OCC)c(OCC)c(OCC)c1. The van der Waals surface area contributed by atoms with Crippen molar-refractivity contribution in [1.29, 1.82) is 0 Å². The van der Waals surface area contributed by atoms with E-state index in [4.69, 9.17) is 14.2 Å². The first kappa shape index (κ1) is 16.4. The van der Waals surface area contributed by atoms with Crippen LogP contribution in [-0.4, -0.2) is 24.9 Å². The molecule has 4 nitrogen and oxygen atoms in total. The summed E-state index contributed by atoms with van der Waals surface area (Å²) in [5, 5.41) is 10.1. The molecule has 1 unspecified atom stereocenters. The first-order valence-corrected chi connectivity index (χ1v) is 7.03. The molecule has 0 aromatic heterocycles. The van der Waals surface area contributed by atoms with Gasteiger partial charge in [0.05, 0.1) is 25.9 Å². The maximum Gasteiger partial charge on any atom is 0.203 e. The van der Waals surface area contributed by atoms with Gasteiger partial charge < -0.3 is 19.3 Å². The Labute approximate surface area is 121 Å². The highest BCUT2D eigenvalue weighted by atomic mass is 16.5. The smallest absolute Gasteiger partial charge is 0.203 e. The Morgan fingerprint density at radius 2 is 1.55 bits per heavy atom. The lowest BCUT2D eigenvalue weighted by Crippen LogP contribution is -2.05. The Morgan fingerprint density at radius 3 is 1.95 bits per heavy atom. The Morgan fingerprint density at radius 1 is 1.05 bits per heavy atom. The van der Waals surface area contributed by atoms with E-state index in [1.54, 1.807) is 18.2 Å². The molecular formula is C16H24O4. The minimum absolute atomic E-state index is 0.477. The molecule has 0 amide bonds. The van der Waals surface area contributed by atoms with Gasteiger partial charge in [0, 0.05) is 0 Å². The van der Waals surface area contributed by atoms with E-state index in [0.717, 1.165) is 5.56 Å². The van der Waals surface area contributed by atoms with Gasteiger partial charge in [-0.05, 0) is 44.9 Å². The lowest BCUT2D eigenvalue weighted by atomic mass is 10.1. The molecule has 0 heterocycles. The summed E-state index contributed by atoms with van der Waals surface area (Å²) < 4.78 is 16.8. The number of aliphatic hydroxyl groups is 1. The minimum Gasteiger partial charge on any atom is -0.490 e. The third-order valence-corrected chi connectivity index (χ3v) is 2.71. The van der Waals surface area contributed by atoms with E-state index >= 15 is 0 Å². The van der Waals surface area contributed by atoms with Crippen molar-refractivity contribution < 1.29 is 19.3 Å². The quantitative estimate of drug-likeness (QED) is 0.703. The second-order valence-electron chi connectivity index (χ2n) is 4.19. The van der Waals surface area contributed by atoms with Gasteiger partial charge in [-0.2, -0.15) is 0 Å². The van der Waals surface area contributed by atoms with E-state index in [1.807, 2.05) is 20.8 Å². The van der Waals surface area contributed by atoms with Crippen LogP contribution < -0.4 is 14.2 Å². The van der Waals surface area contributed by atoms with Gasteiger partial charge in [0.25, 0.3) is 0 Å². The summed E-state index contributed by atoms with van der Waals surface area (Å²) in [6.45, 7) is 10.9. The summed E-state index contributed by atoms with van der Waals surface area (Å²) in [7, 11) is 0. The molecule has 0 aliphatic heterocycles. The summed E-state index contributed by atoms with van der Waals surface area (Å²) in [4.78, 5) is 0. The van der Waals surface area contributed by atoms with Crippen LogP contribution in [0, 0.1) is 0 Å². The molecule has 112 valence electrons. The second kappa shape index (κ2) is 8.48. The van der Waals surface area contributed by atoms with E-state index in [-0.39, 0.29) is 0 Å². The molecule has 1 atom stereocenters. The van der Waals surface area contributed by atoms with Crippen molar-refractivity contribution in [3.63, 3.8) is 0 Å². The van der Waals surface area contributed by atoms with Crippen molar-refractivity contribution in [1.82, 2.24) is 0 Å². The molecule has 4 heteroatoms. The molecule has 0 saturated heterocycles. The standard InChI is InChI=1S/C16H24O4/c1-5-9-13(17)12-10-14(18-6-2)16(20-8-4)15(11-12)19-7-3/h5,10-11,13,17H,1,6-9H2,2-4H3. The van der Waals surface area contributed by atoms with E-state index < -0.39 is 6.10 Å². The predicted molar refractivity (Wildman–Crippen MR) is 79.7 cm³/mol. The molecule has 1 N–H and O–H groups in total. The highest BCUT2D eigenvalue weighted by Crippen LogP contribution is 2.40. The van der Waals surface area contributed by atoms with Gasteiger partial charge in [0.15, 0.2) is 11.5 Å². The van der Waals surface area contributed by atoms with Gasteiger partial charge in [0.1, 0.15) is 0 Å². The maximum atomic E-state index is 10.1.